The Labute approximate surface area is 248 Å². The molecule has 0 heterocycles. The molecule has 0 fully saturated rings. The zero-order chi connectivity index (χ0) is 30.0. The van der Waals surface area contributed by atoms with Gasteiger partial charge in [-0.1, -0.05) is 61.3 Å². The second-order valence-electron chi connectivity index (χ2n) is 9.64. The summed E-state index contributed by atoms with van der Waals surface area (Å²) in [6.07, 6.45) is 1.72. The first-order chi connectivity index (χ1) is 19.6. The average Bonchev–Trinajstić information content (AvgIpc) is 2.96. The van der Waals surface area contributed by atoms with E-state index in [-0.39, 0.29) is 23.0 Å². The smallest absolute Gasteiger partial charge is 0.264 e. The van der Waals surface area contributed by atoms with Crippen LogP contribution in [0.1, 0.15) is 44.7 Å². The summed E-state index contributed by atoms with van der Waals surface area (Å²) in [6.45, 7) is 7.79. The second-order valence-corrected chi connectivity index (χ2v) is 11.9. The number of para-hydroxylation sites is 2. The molecule has 0 saturated carbocycles. The minimum Gasteiger partial charge on any atom is -0.492 e. The Hall–Kier alpha value is -3.56. The van der Waals surface area contributed by atoms with Crippen molar-refractivity contribution in [3.63, 3.8) is 0 Å². The van der Waals surface area contributed by atoms with E-state index in [1.165, 1.54) is 29.2 Å². The first kappa shape index (κ1) is 32.0. The first-order valence-corrected chi connectivity index (χ1v) is 15.5. The standard InChI is InChI=1S/C31H38ClN3O5S/c1-5-7-20-33-31(37)24(4)34(21-25-13-9-8-12-23(25)3)30(36)22-35(28-14-10-11-15-29(28)40-6-2)41(38,39)27-18-16-26(32)17-19-27/h8-19,24H,5-7,20-22H2,1-4H3,(H,33,37). The molecule has 1 N–H and O–H groups in total. The molecule has 10 heteroatoms. The molecule has 3 aromatic carbocycles. The molecule has 2 amide bonds. The van der Waals surface area contributed by atoms with Crippen molar-refractivity contribution in [3.05, 3.63) is 88.9 Å². The normalized spacial score (nSPS) is 11.9. The van der Waals surface area contributed by atoms with Gasteiger partial charge in [0.25, 0.3) is 10.0 Å². The van der Waals surface area contributed by atoms with Gasteiger partial charge in [0, 0.05) is 18.1 Å². The van der Waals surface area contributed by atoms with Gasteiger partial charge in [0.1, 0.15) is 18.3 Å². The van der Waals surface area contributed by atoms with Gasteiger partial charge in [-0.05, 0) is 74.7 Å². The molecule has 0 spiro atoms. The second kappa shape index (κ2) is 14.9. The molecule has 220 valence electrons. The molecule has 0 saturated heterocycles. The number of aryl methyl sites for hydroxylation is 1. The summed E-state index contributed by atoms with van der Waals surface area (Å²) in [5.41, 5.74) is 2.03. The Bertz CT molecular complexity index is 1430. The van der Waals surface area contributed by atoms with Crippen molar-refractivity contribution in [1.29, 1.82) is 0 Å². The van der Waals surface area contributed by atoms with Crippen LogP contribution in [0.2, 0.25) is 5.02 Å². The number of sulfonamides is 1. The predicted octanol–water partition coefficient (Wildman–Crippen LogP) is 5.58. The lowest BCUT2D eigenvalue weighted by molar-refractivity contribution is -0.139. The minimum atomic E-state index is -4.24. The molecule has 41 heavy (non-hydrogen) atoms. The Morgan fingerprint density at radius 1 is 0.976 bits per heavy atom. The third-order valence-corrected chi connectivity index (χ3v) is 8.74. The van der Waals surface area contributed by atoms with Gasteiger partial charge in [0.15, 0.2) is 0 Å². The van der Waals surface area contributed by atoms with E-state index in [4.69, 9.17) is 16.3 Å². The van der Waals surface area contributed by atoms with Crippen LogP contribution in [-0.4, -0.2) is 50.9 Å². The molecule has 3 aromatic rings. The number of benzene rings is 3. The fraction of sp³-hybridized carbons (Fsp3) is 0.355. The van der Waals surface area contributed by atoms with Crippen LogP contribution in [0.3, 0.4) is 0 Å². The maximum atomic E-state index is 14.1. The lowest BCUT2D eigenvalue weighted by Crippen LogP contribution is -2.51. The van der Waals surface area contributed by atoms with E-state index in [9.17, 15) is 18.0 Å². The van der Waals surface area contributed by atoms with Gasteiger partial charge in [-0.2, -0.15) is 0 Å². The molecular weight excluding hydrogens is 562 g/mol. The van der Waals surface area contributed by atoms with E-state index in [2.05, 4.69) is 5.32 Å². The Kier molecular flexibility index (Phi) is 11.6. The molecule has 0 radical (unpaired) electrons. The van der Waals surface area contributed by atoms with Crippen LogP contribution < -0.4 is 14.4 Å². The van der Waals surface area contributed by atoms with Crippen LogP contribution in [0, 0.1) is 6.92 Å². The monoisotopic (exact) mass is 599 g/mol. The van der Waals surface area contributed by atoms with Crippen LogP contribution in [0.4, 0.5) is 5.69 Å². The summed E-state index contributed by atoms with van der Waals surface area (Å²) in [7, 11) is -4.24. The molecule has 8 nitrogen and oxygen atoms in total. The molecule has 1 unspecified atom stereocenters. The number of nitrogens with one attached hydrogen (secondary N) is 1. The highest BCUT2D eigenvalue weighted by atomic mass is 35.5. The lowest BCUT2D eigenvalue weighted by atomic mass is 10.1. The Morgan fingerprint density at radius 3 is 2.29 bits per heavy atom. The number of nitrogens with zero attached hydrogens (tertiary/aromatic N) is 2. The number of halogens is 1. The van der Waals surface area contributed by atoms with Crippen molar-refractivity contribution in [2.75, 3.05) is 24.0 Å². The van der Waals surface area contributed by atoms with Crippen molar-refractivity contribution in [3.8, 4) is 5.75 Å². The molecule has 1 atom stereocenters. The molecule has 0 aliphatic carbocycles. The van der Waals surface area contributed by atoms with E-state index in [1.54, 1.807) is 38.1 Å². The van der Waals surface area contributed by atoms with Crippen LogP contribution in [0.15, 0.2) is 77.7 Å². The quantitative estimate of drug-likeness (QED) is 0.244. The highest BCUT2D eigenvalue weighted by Gasteiger charge is 2.34. The fourth-order valence-electron chi connectivity index (χ4n) is 4.28. The van der Waals surface area contributed by atoms with Crippen molar-refractivity contribution in [2.45, 2.75) is 58.0 Å². The van der Waals surface area contributed by atoms with E-state index in [1.807, 2.05) is 38.1 Å². The number of amides is 2. The number of carbonyl (C=O) groups is 2. The summed E-state index contributed by atoms with van der Waals surface area (Å²) >= 11 is 6.02. The fourth-order valence-corrected chi connectivity index (χ4v) is 5.83. The third-order valence-electron chi connectivity index (χ3n) is 6.71. The van der Waals surface area contributed by atoms with Gasteiger partial charge in [-0.25, -0.2) is 8.42 Å². The van der Waals surface area contributed by atoms with E-state index in [0.717, 1.165) is 28.3 Å². The Balaban J connectivity index is 2.06. The van der Waals surface area contributed by atoms with Crippen LogP contribution in [0.25, 0.3) is 0 Å². The van der Waals surface area contributed by atoms with Crippen molar-refractivity contribution >= 4 is 39.1 Å². The molecular formula is C31H38ClN3O5S. The van der Waals surface area contributed by atoms with Gasteiger partial charge in [-0.3, -0.25) is 13.9 Å². The zero-order valence-electron chi connectivity index (χ0n) is 24.0. The summed E-state index contributed by atoms with van der Waals surface area (Å²) < 4.78 is 34.8. The summed E-state index contributed by atoms with van der Waals surface area (Å²) in [6, 6.07) is 19.2. The number of carbonyl (C=O) groups excluding carboxylic acids is 2. The van der Waals surface area contributed by atoms with Gasteiger partial charge >= 0.3 is 0 Å². The van der Waals surface area contributed by atoms with Gasteiger partial charge in [-0.15, -0.1) is 0 Å². The van der Waals surface area contributed by atoms with Crippen LogP contribution >= 0.6 is 11.6 Å². The maximum absolute atomic E-state index is 14.1. The van der Waals surface area contributed by atoms with Crippen molar-refractivity contribution < 1.29 is 22.7 Å². The lowest BCUT2D eigenvalue weighted by Gasteiger charge is -2.32. The van der Waals surface area contributed by atoms with E-state index < -0.39 is 28.5 Å². The summed E-state index contributed by atoms with van der Waals surface area (Å²) in [5.74, 6) is -0.520. The number of hydrogen-bond acceptors (Lipinski definition) is 5. The number of unbranched alkanes of at least 4 members (excludes halogenated alkanes) is 1. The number of ether oxygens (including phenoxy) is 1. The molecule has 0 aliphatic rings. The van der Waals surface area contributed by atoms with Crippen LogP contribution in [0.5, 0.6) is 5.75 Å². The van der Waals surface area contributed by atoms with Gasteiger partial charge in [0.05, 0.1) is 17.2 Å². The van der Waals surface area contributed by atoms with Crippen molar-refractivity contribution in [2.24, 2.45) is 0 Å². The molecule has 0 aliphatic heterocycles. The van der Waals surface area contributed by atoms with Gasteiger partial charge < -0.3 is 15.0 Å². The first-order valence-electron chi connectivity index (χ1n) is 13.7. The predicted molar refractivity (Wildman–Crippen MR) is 163 cm³/mol. The SMILES string of the molecule is CCCCNC(=O)C(C)N(Cc1ccccc1C)C(=O)CN(c1ccccc1OCC)S(=O)(=O)c1ccc(Cl)cc1. The molecule has 0 aromatic heterocycles. The maximum Gasteiger partial charge on any atom is 0.264 e. The molecule has 0 bridgehead atoms. The average molecular weight is 600 g/mol. The van der Waals surface area contributed by atoms with E-state index in [0.29, 0.717) is 23.9 Å². The topological polar surface area (TPSA) is 96.0 Å². The minimum absolute atomic E-state index is 0.0307. The van der Waals surface area contributed by atoms with Crippen LogP contribution in [-0.2, 0) is 26.2 Å². The number of hydrogen-bond donors (Lipinski definition) is 1. The highest BCUT2D eigenvalue weighted by Crippen LogP contribution is 2.33. The van der Waals surface area contributed by atoms with Crippen molar-refractivity contribution in [1.82, 2.24) is 10.2 Å². The van der Waals surface area contributed by atoms with Gasteiger partial charge in [0.2, 0.25) is 11.8 Å². The largest absolute Gasteiger partial charge is 0.492 e. The zero-order valence-corrected chi connectivity index (χ0v) is 25.5. The number of rotatable bonds is 14. The molecule has 3 rings (SSSR count). The number of anilines is 1. The van der Waals surface area contributed by atoms with E-state index >= 15 is 0 Å². The third kappa shape index (κ3) is 8.24. The highest BCUT2D eigenvalue weighted by molar-refractivity contribution is 7.92. The Morgan fingerprint density at radius 2 is 1.63 bits per heavy atom. The summed E-state index contributed by atoms with van der Waals surface area (Å²) in [4.78, 5) is 28.6. The summed E-state index contributed by atoms with van der Waals surface area (Å²) in [5, 5.41) is 3.28.